The first-order valence-electron chi connectivity index (χ1n) is 11.4. The molecule has 9 nitrogen and oxygen atoms in total. The zero-order valence-electron chi connectivity index (χ0n) is 18.8. The van der Waals surface area contributed by atoms with Gasteiger partial charge in [-0.25, -0.2) is 9.37 Å². The van der Waals surface area contributed by atoms with Gasteiger partial charge in [0.2, 0.25) is 0 Å². The minimum Gasteiger partial charge on any atom is -0.423 e. The van der Waals surface area contributed by atoms with Crippen LogP contribution < -0.4 is 5.32 Å². The molecule has 5 heterocycles. The van der Waals surface area contributed by atoms with Crippen molar-refractivity contribution >= 4 is 23.0 Å². The first kappa shape index (κ1) is 20.8. The Balaban J connectivity index is 1.30. The fraction of sp³-hybridized carbons (Fsp3) is 0.375. The first-order chi connectivity index (χ1) is 16.5. The zero-order valence-corrected chi connectivity index (χ0v) is 18.8. The maximum absolute atomic E-state index is 13.9. The van der Waals surface area contributed by atoms with E-state index in [1.54, 1.807) is 18.5 Å². The largest absolute Gasteiger partial charge is 0.423 e. The smallest absolute Gasteiger partial charge is 0.295 e. The molecular formula is C24H24FN7O2. The molecule has 2 bridgehead atoms. The summed E-state index contributed by atoms with van der Waals surface area (Å²) in [4.78, 5) is 26.3. The number of nitrogens with one attached hydrogen (secondary N) is 1. The molecule has 10 heteroatoms. The Labute approximate surface area is 195 Å². The van der Waals surface area contributed by atoms with Gasteiger partial charge in [0.15, 0.2) is 11.3 Å². The van der Waals surface area contributed by atoms with Crippen molar-refractivity contribution in [1.82, 2.24) is 29.9 Å². The number of pyridine rings is 1. The number of hydrogen-bond acceptors (Lipinski definition) is 7. The monoisotopic (exact) mass is 461 g/mol. The predicted octanol–water partition coefficient (Wildman–Crippen LogP) is 3.60. The number of oxazole rings is 1. The number of benzene rings is 1. The predicted molar refractivity (Wildman–Crippen MR) is 122 cm³/mol. The number of hydrogen-bond donors (Lipinski definition) is 1. The van der Waals surface area contributed by atoms with Gasteiger partial charge in [-0.3, -0.25) is 4.79 Å². The molecule has 1 aliphatic carbocycles. The number of carbonyl (C=O) groups is 1. The van der Waals surface area contributed by atoms with Crippen molar-refractivity contribution in [2.75, 3.05) is 11.9 Å². The molecule has 1 amide bonds. The van der Waals surface area contributed by atoms with Crippen LogP contribution in [0.4, 0.5) is 10.4 Å². The summed E-state index contributed by atoms with van der Waals surface area (Å²) >= 11 is 0. The highest BCUT2D eigenvalue weighted by molar-refractivity contribution is 5.96. The van der Waals surface area contributed by atoms with E-state index < -0.39 is 0 Å². The molecule has 1 unspecified atom stereocenters. The topological polar surface area (TPSA) is 102 Å². The minimum absolute atomic E-state index is 0.0718. The summed E-state index contributed by atoms with van der Waals surface area (Å²) in [6.07, 6.45) is 5.14. The van der Waals surface area contributed by atoms with Crippen LogP contribution in [0.2, 0.25) is 0 Å². The standard InChI is InChI=1S/C24H24FN7O2/c1-13-3-6-19(32-27-7-8-28-32)22(29-13)23(33)31-17-9-15(10-17)14(2)20(31)12-26-24-30-18-5-4-16(25)11-21(18)34-24/h3-8,11,14-15,17,20H,9-10,12H2,1-2H3,(H,26,30)/t14-,15?,17?,20?/m1/s1. The van der Waals surface area contributed by atoms with E-state index in [0.29, 0.717) is 46.9 Å². The molecule has 0 radical (unpaired) electrons. The van der Waals surface area contributed by atoms with Crippen LogP contribution in [-0.2, 0) is 0 Å². The molecule has 3 aromatic heterocycles. The first-order valence-corrected chi connectivity index (χ1v) is 11.4. The molecule has 4 aromatic rings. The van der Waals surface area contributed by atoms with Crippen molar-refractivity contribution in [1.29, 1.82) is 0 Å². The molecule has 1 saturated carbocycles. The molecule has 2 aliphatic heterocycles. The van der Waals surface area contributed by atoms with E-state index in [9.17, 15) is 9.18 Å². The lowest BCUT2D eigenvalue weighted by molar-refractivity contribution is -0.0506. The minimum atomic E-state index is -0.374. The Morgan fingerprint density at radius 1 is 1.18 bits per heavy atom. The molecule has 3 aliphatic rings. The average molecular weight is 462 g/mol. The van der Waals surface area contributed by atoms with Crippen LogP contribution in [0.3, 0.4) is 0 Å². The summed E-state index contributed by atoms with van der Waals surface area (Å²) in [7, 11) is 0. The van der Waals surface area contributed by atoms with Gasteiger partial charge in [0, 0.05) is 24.3 Å². The maximum Gasteiger partial charge on any atom is 0.295 e. The summed E-state index contributed by atoms with van der Waals surface area (Å²) in [6, 6.07) is 8.34. The normalized spacial score (nSPS) is 23.7. The molecule has 7 rings (SSSR count). The number of amides is 1. The second-order valence-corrected chi connectivity index (χ2v) is 9.18. The molecule has 2 saturated heterocycles. The highest BCUT2D eigenvalue weighted by Gasteiger charge is 2.51. The van der Waals surface area contributed by atoms with Gasteiger partial charge in [0.1, 0.15) is 17.0 Å². The number of anilines is 1. The van der Waals surface area contributed by atoms with Gasteiger partial charge in [-0.05, 0) is 55.9 Å². The van der Waals surface area contributed by atoms with E-state index in [-0.39, 0.29) is 23.8 Å². The molecule has 2 atom stereocenters. The highest BCUT2D eigenvalue weighted by Crippen LogP contribution is 2.47. The van der Waals surface area contributed by atoms with Crippen LogP contribution in [0.5, 0.6) is 0 Å². The molecule has 1 N–H and O–H groups in total. The second kappa shape index (κ2) is 7.89. The Hall–Kier alpha value is -3.82. The van der Waals surface area contributed by atoms with Crippen molar-refractivity contribution in [3.63, 3.8) is 0 Å². The molecule has 0 spiro atoms. The summed E-state index contributed by atoms with van der Waals surface area (Å²) < 4.78 is 19.2. The van der Waals surface area contributed by atoms with E-state index in [2.05, 4.69) is 32.4 Å². The highest BCUT2D eigenvalue weighted by atomic mass is 19.1. The molecule has 3 fully saturated rings. The third kappa shape index (κ3) is 3.41. The van der Waals surface area contributed by atoms with Crippen LogP contribution in [0.1, 0.15) is 35.9 Å². The Morgan fingerprint density at radius 2 is 1.97 bits per heavy atom. The number of carbonyl (C=O) groups excluding carboxylic acids is 1. The zero-order chi connectivity index (χ0) is 23.4. The Kier molecular flexibility index (Phi) is 4.82. The third-order valence-electron chi connectivity index (χ3n) is 7.15. The lowest BCUT2D eigenvalue weighted by Gasteiger charge is -2.57. The van der Waals surface area contributed by atoms with Crippen molar-refractivity contribution in [3.05, 3.63) is 59.9 Å². The van der Waals surface area contributed by atoms with Gasteiger partial charge in [-0.15, -0.1) is 4.80 Å². The van der Waals surface area contributed by atoms with Crippen LogP contribution in [0.25, 0.3) is 16.8 Å². The van der Waals surface area contributed by atoms with Gasteiger partial charge in [-0.1, -0.05) is 6.92 Å². The summed E-state index contributed by atoms with van der Waals surface area (Å²) in [5.74, 6) is 0.370. The lowest BCUT2D eigenvalue weighted by Crippen LogP contribution is -2.64. The number of piperidine rings is 2. The third-order valence-corrected chi connectivity index (χ3v) is 7.15. The average Bonchev–Trinajstić information content (AvgIpc) is 3.46. The van der Waals surface area contributed by atoms with Crippen LogP contribution in [0, 0.1) is 24.6 Å². The lowest BCUT2D eigenvalue weighted by atomic mass is 9.64. The van der Waals surface area contributed by atoms with E-state index in [4.69, 9.17) is 4.42 Å². The van der Waals surface area contributed by atoms with E-state index in [1.807, 2.05) is 24.0 Å². The Bertz CT molecular complexity index is 1360. The number of halogens is 1. The van der Waals surface area contributed by atoms with Crippen molar-refractivity contribution in [2.24, 2.45) is 11.8 Å². The van der Waals surface area contributed by atoms with Gasteiger partial charge in [-0.2, -0.15) is 15.2 Å². The van der Waals surface area contributed by atoms with Crippen LogP contribution in [0.15, 0.2) is 47.1 Å². The van der Waals surface area contributed by atoms with E-state index >= 15 is 0 Å². The van der Waals surface area contributed by atoms with E-state index in [0.717, 1.165) is 18.5 Å². The Morgan fingerprint density at radius 3 is 2.76 bits per heavy atom. The quantitative estimate of drug-likeness (QED) is 0.484. The van der Waals surface area contributed by atoms with Gasteiger partial charge < -0.3 is 14.6 Å². The SMILES string of the molecule is Cc1ccc(-n2nccn2)c(C(=O)N2C3CC(C3)[C@@H](C)C2CNc2nc3ccc(F)cc3o2)n1. The van der Waals surface area contributed by atoms with Gasteiger partial charge >= 0.3 is 0 Å². The van der Waals surface area contributed by atoms with Gasteiger partial charge in [0.25, 0.3) is 11.9 Å². The fourth-order valence-electron chi connectivity index (χ4n) is 5.22. The van der Waals surface area contributed by atoms with Crippen molar-refractivity contribution < 1.29 is 13.6 Å². The van der Waals surface area contributed by atoms with E-state index in [1.165, 1.54) is 16.9 Å². The summed E-state index contributed by atoms with van der Waals surface area (Å²) in [5, 5.41) is 11.7. The maximum atomic E-state index is 13.9. The van der Waals surface area contributed by atoms with Crippen molar-refractivity contribution in [2.45, 2.75) is 38.8 Å². The molecule has 1 aromatic carbocycles. The number of aryl methyl sites for hydroxylation is 1. The fourth-order valence-corrected chi connectivity index (χ4v) is 5.22. The van der Waals surface area contributed by atoms with Crippen LogP contribution in [-0.4, -0.2) is 54.4 Å². The van der Waals surface area contributed by atoms with Gasteiger partial charge in [0.05, 0.1) is 18.4 Å². The van der Waals surface area contributed by atoms with Crippen molar-refractivity contribution in [3.8, 4) is 5.69 Å². The second-order valence-electron chi connectivity index (χ2n) is 9.18. The number of rotatable bonds is 5. The summed E-state index contributed by atoms with van der Waals surface area (Å²) in [5.41, 5.74) is 2.62. The molecule has 34 heavy (non-hydrogen) atoms. The number of fused-ring (bicyclic) bond motifs is 3. The molecular weight excluding hydrogens is 437 g/mol. The number of nitrogens with zero attached hydrogens (tertiary/aromatic N) is 6. The number of aromatic nitrogens is 5. The molecule has 174 valence electrons. The van der Waals surface area contributed by atoms with Crippen LogP contribution >= 0.6 is 0 Å². The summed E-state index contributed by atoms with van der Waals surface area (Å²) in [6.45, 7) is 4.52.